The Kier molecular flexibility index (Phi) is 8.99. The Hall–Kier alpha value is -5.44. The number of carbonyl (C=O) groups excluding carboxylic acids is 4. The first-order valence-electron chi connectivity index (χ1n) is 14.7. The Morgan fingerprint density at radius 3 is 1.96 bits per heavy atom. The maximum absolute atomic E-state index is 14.9. The highest BCUT2D eigenvalue weighted by Gasteiger charge is 2.55. The molecule has 1 heterocycles. The number of anilines is 3. The monoisotopic (exact) mass is 605 g/mol. The number of benzene rings is 4. The summed E-state index contributed by atoms with van der Waals surface area (Å²) in [6, 6.07) is 31.5. The van der Waals surface area contributed by atoms with E-state index in [0.717, 1.165) is 5.56 Å². The van der Waals surface area contributed by atoms with Gasteiger partial charge in [-0.05, 0) is 53.4 Å². The maximum atomic E-state index is 14.9. The summed E-state index contributed by atoms with van der Waals surface area (Å²) in [6.45, 7) is 3.55. The summed E-state index contributed by atoms with van der Waals surface area (Å²) < 4.78 is 10.9. The van der Waals surface area contributed by atoms with Crippen molar-refractivity contribution in [2.24, 2.45) is 17.6 Å². The molecule has 0 fully saturated rings. The van der Waals surface area contributed by atoms with Crippen molar-refractivity contribution in [1.82, 2.24) is 0 Å². The fourth-order valence-electron chi connectivity index (χ4n) is 5.95. The molecule has 1 aliphatic heterocycles. The van der Waals surface area contributed by atoms with Gasteiger partial charge in [-0.1, -0.05) is 86.6 Å². The number of amides is 3. The maximum Gasteiger partial charge on any atom is 0.307 e. The van der Waals surface area contributed by atoms with Crippen LogP contribution in [-0.4, -0.2) is 30.8 Å². The van der Waals surface area contributed by atoms with Crippen LogP contribution in [0.5, 0.6) is 5.75 Å². The smallest absolute Gasteiger partial charge is 0.307 e. The quantitative estimate of drug-likeness (QED) is 0.189. The third-order valence-corrected chi connectivity index (χ3v) is 8.12. The fraction of sp³-hybridized carbons (Fsp3) is 0.222. The van der Waals surface area contributed by atoms with Crippen LogP contribution >= 0.6 is 0 Å². The number of esters is 1. The van der Waals surface area contributed by atoms with E-state index in [1.54, 1.807) is 86.6 Å². The van der Waals surface area contributed by atoms with Gasteiger partial charge in [0.2, 0.25) is 17.7 Å². The van der Waals surface area contributed by atoms with Crippen molar-refractivity contribution in [2.75, 3.05) is 16.9 Å². The first kappa shape index (κ1) is 31.0. The molecule has 0 spiro atoms. The van der Waals surface area contributed by atoms with Crippen LogP contribution in [0.3, 0.4) is 0 Å². The van der Waals surface area contributed by atoms with Gasteiger partial charge in [-0.15, -0.1) is 0 Å². The van der Waals surface area contributed by atoms with Crippen LogP contribution in [-0.2, 0) is 36.1 Å². The van der Waals surface area contributed by atoms with Gasteiger partial charge in [0.1, 0.15) is 18.3 Å². The highest BCUT2D eigenvalue weighted by molar-refractivity contribution is 6.23. The van der Waals surface area contributed by atoms with Gasteiger partial charge >= 0.3 is 5.97 Å². The van der Waals surface area contributed by atoms with E-state index in [0.29, 0.717) is 28.4 Å². The van der Waals surface area contributed by atoms with E-state index in [1.165, 1.54) is 16.9 Å². The predicted molar refractivity (Wildman–Crippen MR) is 171 cm³/mol. The van der Waals surface area contributed by atoms with Crippen LogP contribution in [0.2, 0.25) is 0 Å². The molecule has 1 aliphatic rings. The van der Waals surface area contributed by atoms with E-state index in [4.69, 9.17) is 15.2 Å². The van der Waals surface area contributed by atoms with Gasteiger partial charge in [0.15, 0.2) is 5.54 Å². The summed E-state index contributed by atoms with van der Waals surface area (Å²) in [6.07, 6.45) is -0.548. The molecule has 230 valence electrons. The molecule has 45 heavy (non-hydrogen) atoms. The number of carbonyl (C=O) groups is 4. The molecule has 0 radical (unpaired) electrons. The molecule has 3 amide bonds. The van der Waals surface area contributed by atoms with Gasteiger partial charge in [0, 0.05) is 5.69 Å². The van der Waals surface area contributed by atoms with Gasteiger partial charge in [-0.2, -0.15) is 0 Å². The zero-order chi connectivity index (χ0) is 32.1. The third-order valence-electron chi connectivity index (χ3n) is 8.12. The lowest BCUT2D eigenvalue weighted by Crippen LogP contribution is -2.62. The standard InChI is InChI=1S/C36H35N3O6/c1-24(2)36(35(37)43,26-18-20-28(44-3)21-19-26)39-31-17-11-10-16-30(31)38(27-14-8-5-9-15-27)33(41)29(34(39)42)22-32(40)45-23-25-12-6-4-7-13-25/h4-21,24,29H,22-23H2,1-3H3,(H2,37,43). The van der Waals surface area contributed by atoms with Crippen LogP contribution < -0.4 is 20.3 Å². The van der Waals surface area contributed by atoms with E-state index in [9.17, 15) is 19.2 Å². The number of nitrogens with two attached hydrogens (primary N) is 1. The zero-order valence-corrected chi connectivity index (χ0v) is 25.4. The van der Waals surface area contributed by atoms with Crippen molar-refractivity contribution in [3.05, 3.63) is 120 Å². The number of ether oxygens (including phenoxy) is 2. The van der Waals surface area contributed by atoms with Crippen LogP contribution in [0, 0.1) is 11.8 Å². The van der Waals surface area contributed by atoms with Crippen molar-refractivity contribution in [3.8, 4) is 5.75 Å². The van der Waals surface area contributed by atoms with Gasteiger partial charge in [0.25, 0.3) is 0 Å². The number of hydrogen-bond donors (Lipinski definition) is 1. The number of primary amides is 1. The van der Waals surface area contributed by atoms with Gasteiger partial charge in [-0.25, -0.2) is 0 Å². The Balaban J connectivity index is 1.70. The topological polar surface area (TPSA) is 119 Å². The lowest BCUT2D eigenvalue weighted by atomic mass is 9.76. The van der Waals surface area contributed by atoms with E-state index >= 15 is 0 Å². The van der Waals surface area contributed by atoms with Crippen molar-refractivity contribution in [1.29, 1.82) is 0 Å². The van der Waals surface area contributed by atoms with Crippen molar-refractivity contribution in [2.45, 2.75) is 32.4 Å². The minimum atomic E-state index is -1.75. The third kappa shape index (κ3) is 5.76. The summed E-state index contributed by atoms with van der Waals surface area (Å²) in [5.74, 6) is -4.45. The van der Waals surface area contributed by atoms with Gasteiger partial charge in [0.05, 0.1) is 24.9 Å². The minimum absolute atomic E-state index is 0.0236. The molecule has 2 unspecified atom stereocenters. The molecule has 0 saturated carbocycles. The highest BCUT2D eigenvalue weighted by Crippen LogP contribution is 2.48. The number of rotatable bonds is 10. The second kappa shape index (κ2) is 13.1. The molecule has 0 aromatic heterocycles. The lowest BCUT2D eigenvalue weighted by molar-refractivity contribution is -0.150. The second-order valence-electron chi connectivity index (χ2n) is 11.1. The largest absolute Gasteiger partial charge is 0.497 e. The summed E-state index contributed by atoms with van der Waals surface area (Å²) in [7, 11) is 1.53. The van der Waals surface area contributed by atoms with Gasteiger partial charge < -0.3 is 15.2 Å². The first-order chi connectivity index (χ1) is 21.7. The minimum Gasteiger partial charge on any atom is -0.497 e. The fourth-order valence-corrected chi connectivity index (χ4v) is 5.95. The molecule has 2 N–H and O–H groups in total. The number of hydrogen-bond acceptors (Lipinski definition) is 6. The molecular weight excluding hydrogens is 570 g/mol. The second-order valence-corrected chi connectivity index (χ2v) is 11.1. The average Bonchev–Trinajstić information content (AvgIpc) is 3.14. The average molecular weight is 606 g/mol. The Bertz CT molecular complexity index is 1690. The molecule has 0 bridgehead atoms. The van der Waals surface area contributed by atoms with E-state index in [1.807, 2.05) is 36.4 Å². The normalized spacial score (nSPS) is 16.0. The summed E-state index contributed by atoms with van der Waals surface area (Å²) in [5, 5.41) is 0. The summed E-state index contributed by atoms with van der Waals surface area (Å²) >= 11 is 0. The number of methoxy groups -OCH3 is 1. The Morgan fingerprint density at radius 2 is 1.38 bits per heavy atom. The molecule has 0 saturated heterocycles. The van der Waals surface area contributed by atoms with E-state index < -0.39 is 47.5 Å². The molecule has 0 aliphatic carbocycles. The number of para-hydroxylation sites is 3. The van der Waals surface area contributed by atoms with Crippen LogP contribution in [0.4, 0.5) is 17.1 Å². The van der Waals surface area contributed by atoms with Crippen molar-refractivity contribution < 1.29 is 28.7 Å². The molecule has 9 heteroatoms. The molecule has 5 rings (SSSR count). The molecule has 2 atom stereocenters. The van der Waals surface area contributed by atoms with Crippen LogP contribution in [0.1, 0.15) is 31.4 Å². The number of nitrogens with zero attached hydrogens (tertiary/aromatic N) is 2. The zero-order valence-electron chi connectivity index (χ0n) is 25.4. The van der Waals surface area contributed by atoms with E-state index in [2.05, 4.69) is 0 Å². The highest BCUT2D eigenvalue weighted by atomic mass is 16.5. The van der Waals surface area contributed by atoms with Crippen LogP contribution in [0.15, 0.2) is 109 Å². The molecular formula is C36H35N3O6. The SMILES string of the molecule is COc1ccc(C(C(N)=O)(C(C)C)N2C(=O)C(CC(=O)OCc3ccccc3)C(=O)N(c3ccccc3)c3ccccc32)cc1. The van der Waals surface area contributed by atoms with Gasteiger partial charge in [-0.3, -0.25) is 29.0 Å². The predicted octanol–water partition coefficient (Wildman–Crippen LogP) is 5.49. The molecule has 9 nitrogen and oxygen atoms in total. The summed E-state index contributed by atoms with van der Waals surface area (Å²) in [5.41, 5.74) is 6.85. The van der Waals surface area contributed by atoms with Crippen LogP contribution in [0.25, 0.3) is 0 Å². The van der Waals surface area contributed by atoms with Crippen molar-refractivity contribution in [3.63, 3.8) is 0 Å². The Labute approximate surface area is 262 Å². The first-order valence-corrected chi connectivity index (χ1v) is 14.7. The lowest BCUT2D eigenvalue weighted by Gasteiger charge is -2.45. The molecule has 4 aromatic rings. The summed E-state index contributed by atoms with van der Waals surface area (Å²) in [4.78, 5) is 59.2. The number of fused-ring (bicyclic) bond motifs is 1. The Morgan fingerprint density at radius 1 is 0.800 bits per heavy atom. The van der Waals surface area contributed by atoms with Crippen molar-refractivity contribution >= 4 is 40.8 Å². The molecule has 4 aromatic carbocycles. The van der Waals surface area contributed by atoms with E-state index in [-0.39, 0.29) is 6.61 Å².